The lowest BCUT2D eigenvalue weighted by molar-refractivity contribution is 0.0594. The van der Waals surface area contributed by atoms with Crippen LogP contribution in [0.25, 0.3) is 11.0 Å². The Hall–Kier alpha value is -1.84. The molecule has 4 nitrogen and oxygen atoms in total. The smallest absolute Gasteiger partial charge is 0.356 e. The molecule has 4 heteroatoms. The molecule has 0 radical (unpaired) electrons. The molecule has 72 valence electrons. The van der Waals surface area contributed by atoms with E-state index in [1.165, 1.54) is 7.11 Å². The minimum Gasteiger partial charge on any atom is -0.464 e. The lowest BCUT2D eigenvalue weighted by Gasteiger charge is -1.99. The van der Waals surface area contributed by atoms with Crippen molar-refractivity contribution in [1.82, 2.24) is 9.55 Å². The first kappa shape index (κ1) is 8.74. The first-order valence-corrected chi connectivity index (χ1v) is 4.23. The lowest BCUT2D eigenvalue weighted by atomic mass is 10.3. The summed E-state index contributed by atoms with van der Waals surface area (Å²) in [6, 6.07) is 5.46. The minimum absolute atomic E-state index is 0.335. The summed E-state index contributed by atoms with van der Waals surface area (Å²) < 4.78 is 6.45. The molecule has 2 rings (SSSR count). The van der Waals surface area contributed by atoms with Crippen LogP contribution in [0, 0.1) is 0 Å². The summed E-state index contributed by atoms with van der Waals surface area (Å²) in [4.78, 5) is 15.4. The molecule has 0 aliphatic rings. The molecular weight excluding hydrogens is 180 g/mol. The quantitative estimate of drug-likeness (QED) is 0.638. The Labute approximate surface area is 81.1 Å². The van der Waals surface area contributed by atoms with Crippen molar-refractivity contribution in [2.45, 2.75) is 0 Å². The Balaban J connectivity index is 2.60. The lowest BCUT2D eigenvalue weighted by Crippen LogP contribution is -2.04. The first-order chi connectivity index (χ1) is 6.72. The average Bonchev–Trinajstić information content (AvgIpc) is 2.59. The topological polar surface area (TPSA) is 44.1 Å². The van der Waals surface area contributed by atoms with E-state index in [9.17, 15) is 4.79 Å². The normalized spacial score (nSPS) is 10.4. The second-order valence-electron chi connectivity index (χ2n) is 3.03. The molecule has 0 spiro atoms. The Bertz CT molecular complexity index is 488. The minimum atomic E-state index is -0.409. The van der Waals surface area contributed by atoms with Crippen molar-refractivity contribution in [1.29, 1.82) is 0 Å². The number of rotatable bonds is 1. The maximum atomic E-state index is 11.2. The van der Waals surface area contributed by atoms with Crippen LogP contribution in [0.2, 0.25) is 0 Å². The van der Waals surface area contributed by atoms with Crippen LogP contribution >= 0.6 is 0 Å². The first-order valence-electron chi connectivity index (χ1n) is 4.23. The van der Waals surface area contributed by atoms with Crippen molar-refractivity contribution in [3.8, 4) is 0 Å². The maximum absolute atomic E-state index is 11.2. The molecule has 2 heterocycles. The third-order valence-electron chi connectivity index (χ3n) is 2.11. The second-order valence-corrected chi connectivity index (χ2v) is 3.03. The summed E-state index contributed by atoms with van der Waals surface area (Å²) in [6.07, 6.45) is 1.90. The molecule has 0 saturated carbocycles. The Morgan fingerprint density at radius 3 is 2.93 bits per heavy atom. The van der Waals surface area contributed by atoms with E-state index < -0.39 is 5.97 Å². The standard InChI is InChI=1S/C10H10N2O2/c1-12-6-5-7-3-4-8(10(13)14-2)11-9(7)12/h3-6H,1-2H3. The highest BCUT2D eigenvalue weighted by atomic mass is 16.5. The zero-order valence-electron chi connectivity index (χ0n) is 8.02. The van der Waals surface area contributed by atoms with E-state index >= 15 is 0 Å². The molecular formula is C10H10N2O2. The van der Waals surface area contributed by atoms with Crippen LogP contribution in [0.15, 0.2) is 24.4 Å². The van der Waals surface area contributed by atoms with Gasteiger partial charge in [0, 0.05) is 18.6 Å². The second kappa shape index (κ2) is 3.14. The molecule has 0 aliphatic heterocycles. The van der Waals surface area contributed by atoms with Gasteiger partial charge in [-0.25, -0.2) is 9.78 Å². The zero-order valence-corrected chi connectivity index (χ0v) is 8.02. The van der Waals surface area contributed by atoms with Crippen molar-refractivity contribution in [3.63, 3.8) is 0 Å². The van der Waals surface area contributed by atoms with Gasteiger partial charge < -0.3 is 9.30 Å². The van der Waals surface area contributed by atoms with Gasteiger partial charge in [0.15, 0.2) is 5.69 Å². The third-order valence-corrected chi connectivity index (χ3v) is 2.11. The van der Waals surface area contributed by atoms with Gasteiger partial charge in [-0.3, -0.25) is 0 Å². The number of hydrogen-bond acceptors (Lipinski definition) is 3. The molecule has 0 aromatic carbocycles. The van der Waals surface area contributed by atoms with E-state index in [-0.39, 0.29) is 0 Å². The van der Waals surface area contributed by atoms with Crippen molar-refractivity contribution < 1.29 is 9.53 Å². The molecule has 2 aromatic heterocycles. The molecule has 0 unspecified atom stereocenters. The fraction of sp³-hybridized carbons (Fsp3) is 0.200. The summed E-state index contributed by atoms with van der Waals surface area (Å²) in [6.45, 7) is 0. The van der Waals surface area contributed by atoms with Crippen molar-refractivity contribution in [3.05, 3.63) is 30.1 Å². The van der Waals surface area contributed by atoms with E-state index in [0.717, 1.165) is 11.0 Å². The molecule has 0 fully saturated rings. The van der Waals surface area contributed by atoms with Gasteiger partial charge in [0.2, 0.25) is 0 Å². The summed E-state index contributed by atoms with van der Waals surface area (Å²) >= 11 is 0. The average molecular weight is 190 g/mol. The van der Waals surface area contributed by atoms with Crippen LogP contribution in [-0.2, 0) is 11.8 Å². The fourth-order valence-electron chi connectivity index (χ4n) is 1.35. The summed E-state index contributed by atoms with van der Waals surface area (Å²) in [5.74, 6) is -0.409. The largest absolute Gasteiger partial charge is 0.464 e. The van der Waals surface area contributed by atoms with Gasteiger partial charge in [0.25, 0.3) is 0 Å². The van der Waals surface area contributed by atoms with Crippen LogP contribution in [0.3, 0.4) is 0 Å². The van der Waals surface area contributed by atoms with Crippen molar-refractivity contribution in [2.75, 3.05) is 7.11 Å². The highest BCUT2D eigenvalue weighted by molar-refractivity contribution is 5.90. The SMILES string of the molecule is COC(=O)c1ccc2ccn(C)c2n1. The van der Waals surface area contributed by atoms with E-state index in [2.05, 4.69) is 9.72 Å². The van der Waals surface area contributed by atoms with Gasteiger partial charge in [-0.05, 0) is 18.2 Å². The molecule has 14 heavy (non-hydrogen) atoms. The van der Waals surface area contributed by atoms with Gasteiger partial charge in [-0.2, -0.15) is 0 Å². The number of aromatic nitrogens is 2. The molecule has 0 aliphatic carbocycles. The third kappa shape index (κ3) is 1.25. The Morgan fingerprint density at radius 2 is 2.21 bits per heavy atom. The van der Waals surface area contributed by atoms with Crippen LogP contribution in [0.1, 0.15) is 10.5 Å². The van der Waals surface area contributed by atoms with Crippen molar-refractivity contribution in [2.24, 2.45) is 7.05 Å². The van der Waals surface area contributed by atoms with Gasteiger partial charge >= 0.3 is 5.97 Å². The molecule has 0 bridgehead atoms. The molecule has 0 N–H and O–H groups in total. The summed E-state index contributed by atoms with van der Waals surface area (Å²) in [5, 5.41) is 1.01. The number of ether oxygens (including phenoxy) is 1. The number of carbonyl (C=O) groups is 1. The van der Waals surface area contributed by atoms with Crippen LogP contribution in [0.4, 0.5) is 0 Å². The van der Waals surface area contributed by atoms with E-state index in [1.807, 2.05) is 29.9 Å². The Kier molecular flexibility index (Phi) is 1.96. The van der Waals surface area contributed by atoms with E-state index in [4.69, 9.17) is 0 Å². The fourth-order valence-corrected chi connectivity index (χ4v) is 1.35. The van der Waals surface area contributed by atoms with Crippen LogP contribution in [0.5, 0.6) is 0 Å². The van der Waals surface area contributed by atoms with E-state index in [1.54, 1.807) is 6.07 Å². The van der Waals surface area contributed by atoms with Crippen LogP contribution < -0.4 is 0 Å². The Morgan fingerprint density at radius 1 is 1.43 bits per heavy atom. The summed E-state index contributed by atoms with van der Waals surface area (Å²) in [5.41, 5.74) is 1.12. The number of methoxy groups -OCH3 is 1. The predicted octanol–water partition coefficient (Wildman–Crippen LogP) is 1.36. The van der Waals surface area contributed by atoms with Gasteiger partial charge in [-0.1, -0.05) is 0 Å². The highest BCUT2D eigenvalue weighted by Crippen LogP contribution is 2.13. The van der Waals surface area contributed by atoms with Crippen molar-refractivity contribution >= 4 is 17.0 Å². The number of nitrogens with zero attached hydrogens (tertiary/aromatic N) is 2. The van der Waals surface area contributed by atoms with Crippen LogP contribution in [-0.4, -0.2) is 22.6 Å². The molecule has 0 atom stereocenters. The molecule has 2 aromatic rings. The molecule has 0 saturated heterocycles. The number of carbonyl (C=O) groups excluding carboxylic acids is 1. The number of pyridine rings is 1. The number of aryl methyl sites for hydroxylation is 1. The highest BCUT2D eigenvalue weighted by Gasteiger charge is 2.08. The predicted molar refractivity (Wildman–Crippen MR) is 52.1 cm³/mol. The van der Waals surface area contributed by atoms with E-state index in [0.29, 0.717) is 5.69 Å². The number of esters is 1. The molecule has 0 amide bonds. The maximum Gasteiger partial charge on any atom is 0.356 e. The van der Waals surface area contributed by atoms with Gasteiger partial charge in [-0.15, -0.1) is 0 Å². The number of hydrogen-bond donors (Lipinski definition) is 0. The zero-order chi connectivity index (χ0) is 10.1. The van der Waals surface area contributed by atoms with Gasteiger partial charge in [0.1, 0.15) is 5.65 Å². The summed E-state index contributed by atoms with van der Waals surface area (Å²) in [7, 11) is 3.23. The monoisotopic (exact) mass is 190 g/mol. The number of fused-ring (bicyclic) bond motifs is 1. The van der Waals surface area contributed by atoms with Gasteiger partial charge in [0.05, 0.1) is 7.11 Å².